The summed E-state index contributed by atoms with van der Waals surface area (Å²) in [5.41, 5.74) is 1.64. The minimum atomic E-state index is -0.651. The lowest BCUT2D eigenvalue weighted by Gasteiger charge is -2.19. The molecule has 3 aromatic carbocycles. The minimum Gasteiger partial charge on any atom is -0.481 e. The van der Waals surface area contributed by atoms with Crippen molar-refractivity contribution < 1.29 is 19.1 Å². The minimum absolute atomic E-state index is 0.263. The van der Waals surface area contributed by atoms with E-state index in [1.165, 1.54) is 7.11 Å². The van der Waals surface area contributed by atoms with Crippen molar-refractivity contribution in [2.24, 2.45) is 0 Å². The van der Waals surface area contributed by atoms with E-state index in [0.29, 0.717) is 29.0 Å². The van der Waals surface area contributed by atoms with Crippen LogP contribution >= 0.6 is 0 Å². The van der Waals surface area contributed by atoms with Gasteiger partial charge in [-0.2, -0.15) is 0 Å². The normalized spacial score (nSPS) is 11.7. The van der Waals surface area contributed by atoms with E-state index in [0.717, 1.165) is 10.8 Å². The number of methoxy groups -OCH3 is 1. The number of nitrogens with one attached hydrogen (secondary N) is 1. The van der Waals surface area contributed by atoms with E-state index in [-0.39, 0.29) is 5.91 Å². The zero-order chi connectivity index (χ0) is 20.1. The molecule has 0 saturated heterocycles. The monoisotopic (exact) mass is 377 g/mol. The molecule has 1 N–H and O–H groups in total. The summed E-state index contributed by atoms with van der Waals surface area (Å²) in [4.78, 5) is 24.6. The molecule has 0 aliphatic heterocycles. The Labute approximate surface area is 164 Å². The van der Waals surface area contributed by atoms with Gasteiger partial charge in [0.1, 0.15) is 5.75 Å². The van der Waals surface area contributed by atoms with Gasteiger partial charge in [-0.05, 0) is 53.9 Å². The lowest BCUT2D eigenvalue weighted by atomic mass is 10.1. The molecule has 3 rings (SSSR count). The average Bonchev–Trinajstić information content (AvgIpc) is 2.72. The van der Waals surface area contributed by atoms with Crippen molar-refractivity contribution in [2.45, 2.75) is 26.4 Å². The van der Waals surface area contributed by atoms with Gasteiger partial charge in [0.2, 0.25) is 0 Å². The number of esters is 1. The highest BCUT2D eigenvalue weighted by Crippen LogP contribution is 2.24. The lowest BCUT2D eigenvalue weighted by Crippen LogP contribution is -2.32. The standard InChI is InChI=1S/C23H23NO4/c1-4-21(28-18-13-12-16-8-5-6-9-17(16)14-18)22(25)24-20-11-7-10-19(15(20)2)23(26)27-3/h5-14,21H,4H2,1-3H3,(H,24,25). The summed E-state index contributed by atoms with van der Waals surface area (Å²) in [7, 11) is 1.33. The van der Waals surface area contributed by atoms with Crippen LogP contribution in [-0.4, -0.2) is 25.1 Å². The zero-order valence-electron chi connectivity index (χ0n) is 16.2. The van der Waals surface area contributed by atoms with E-state index in [1.807, 2.05) is 49.4 Å². The second-order valence-electron chi connectivity index (χ2n) is 6.48. The molecule has 28 heavy (non-hydrogen) atoms. The summed E-state index contributed by atoms with van der Waals surface area (Å²) in [5.74, 6) is -0.0606. The van der Waals surface area contributed by atoms with Crippen molar-refractivity contribution in [1.82, 2.24) is 0 Å². The number of carbonyl (C=O) groups is 2. The van der Waals surface area contributed by atoms with E-state index in [2.05, 4.69) is 5.32 Å². The number of ether oxygens (including phenoxy) is 2. The van der Waals surface area contributed by atoms with Gasteiger partial charge >= 0.3 is 5.97 Å². The van der Waals surface area contributed by atoms with Crippen molar-refractivity contribution in [2.75, 3.05) is 12.4 Å². The number of hydrogen-bond donors (Lipinski definition) is 1. The Hall–Kier alpha value is -3.34. The van der Waals surface area contributed by atoms with Crippen LogP contribution in [0.4, 0.5) is 5.69 Å². The molecule has 0 aromatic heterocycles. The van der Waals surface area contributed by atoms with Gasteiger partial charge in [0, 0.05) is 5.69 Å². The molecule has 0 saturated carbocycles. The molecule has 0 aliphatic rings. The van der Waals surface area contributed by atoms with Crippen LogP contribution in [0.3, 0.4) is 0 Å². The predicted molar refractivity (Wildman–Crippen MR) is 110 cm³/mol. The van der Waals surface area contributed by atoms with Gasteiger partial charge < -0.3 is 14.8 Å². The van der Waals surface area contributed by atoms with E-state index < -0.39 is 12.1 Å². The largest absolute Gasteiger partial charge is 0.481 e. The Bertz CT molecular complexity index is 1010. The van der Waals surface area contributed by atoms with Crippen LogP contribution in [0.5, 0.6) is 5.75 Å². The number of hydrogen-bond acceptors (Lipinski definition) is 4. The summed E-state index contributed by atoms with van der Waals surface area (Å²) < 4.78 is 10.7. The second kappa shape index (κ2) is 8.57. The molecule has 0 radical (unpaired) electrons. The highest BCUT2D eigenvalue weighted by Gasteiger charge is 2.21. The van der Waals surface area contributed by atoms with Crippen molar-refractivity contribution >= 4 is 28.3 Å². The van der Waals surface area contributed by atoms with Gasteiger partial charge in [-0.1, -0.05) is 43.3 Å². The Balaban J connectivity index is 1.77. The van der Waals surface area contributed by atoms with Gasteiger partial charge in [-0.3, -0.25) is 4.79 Å². The third-order valence-electron chi connectivity index (χ3n) is 4.66. The van der Waals surface area contributed by atoms with Crippen molar-refractivity contribution in [3.63, 3.8) is 0 Å². The second-order valence-corrected chi connectivity index (χ2v) is 6.48. The van der Waals surface area contributed by atoms with E-state index in [1.54, 1.807) is 25.1 Å². The first kappa shape index (κ1) is 19.4. The smallest absolute Gasteiger partial charge is 0.338 e. The van der Waals surface area contributed by atoms with Crippen LogP contribution < -0.4 is 10.1 Å². The van der Waals surface area contributed by atoms with Crippen molar-refractivity contribution in [1.29, 1.82) is 0 Å². The molecule has 3 aromatic rings. The maximum Gasteiger partial charge on any atom is 0.338 e. The quantitative estimate of drug-likeness (QED) is 0.631. The molecule has 5 nitrogen and oxygen atoms in total. The van der Waals surface area contributed by atoms with Crippen LogP contribution in [-0.2, 0) is 9.53 Å². The predicted octanol–water partition coefficient (Wildman–Crippen LogP) is 4.73. The molecule has 5 heteroatoms. The Kier molecular flexibility index (Phi) is 5.94. The Morgan fingerprint density at radius 3 is 2.46 bits per heavy atom. The summed E-state index contributed by atoms with van der Waals surface area (Å²) in [5, 5.41) is 5.03. The lowest BCUT2D eigenvalue weighted by molar-refractivity contribution is -0.122. The summed E-state index contributed by atoms with van der Waals surface area (Å²) >= 11 is 0. The maximum absolute atomic E-state index is 12.8. The van der Waals surface area contributed by atoms with Gasteiger partial charge in [0.05, 0.1) is 12.7 Å². The fourth-order valence-electron chi connectivity index (χ4n) is 3.04. The van der Waals surface area contributed by atoms with Crippen LogP contribution in [0, 0.1) is 6.92 Å². The fraction of sp³-hybridized carbons (Fsp3) is 0.217. The summed E-state index contributed by atoms with van der Waals surface area (Å²) in [6.07, 6.45) is -0.142. The number of benzene rings is 3. The Morgan fingerprint density at radius 1 is 1.00 bits per heavy atom. The summed E-state index contributed by atoms with van der Waals surface area (Å²) in [6, 6.07) is 18.9. The number of fused-ring (bicyclic) bond motifs is 1. The van der Waals surface area contributed by atoms with Crippen LogP contribution in [0.25, 0.3) is 10.8 Å². The fourth-order valence-corrected chi connectivity index (χ4v) is 3.04. The molecule has 0 spiro atoms. The first-order valence-corrected chi connectivity index (χ1v) is 9.17. The maximum atomic E-state index is 12.8. The number of anilines is 1. The van der Waals surface area contributed by atoms with Crippen LogP contribution in [0.2, 0.25) is 0 Å². The third kappa shape index (κ3) is 4.14. The number of carbonyl (C=O) groups excluding carboxylic acids is 2. The van der Waals surface area contributed by atoms with Gasteiger partial charge in [-0.15, -0.1) is 0 Å². The van der Waals surface area contributed by atoms with Crippen molar-refractivity contribution in [3.05, 3.63) is 71.8 Å². The molecule has 1 unspecified atom stereocenters. The van der Waals surface area contributed by atoms with Gasteiger partial charge in [-0.25, -0.2) is 4.79 Å². The van der Waals surface area contributed by atoms with Gasteiger partial charge in [0.25, 0.3) is 5.91 Å². The molecular formula is C23H23NO4. The summed E-state index contributed by atoms with van der Waals surface area (Å²) in [6.45, 7) is 3.66. The SMILES string of the molecule is CCC(Oc1ccc2ccccc2c1)C(=O)Nc1cccc(C(=O)OC)c1C. The third-order valence-corrected chi connectivity index (χ3v) is 4.66. The highest BCUT2D eigenvalue weighted by atomic mass is 16.5. The molecule has 0 bridgehead atoms. The molecule has 0 heterocycles. The van der Waals surface area contributed by atoms with E-state index in [9.17, 15) is 9.59 Å². The molecule has 0 aliphatic carbocycles. The topological polar surface area (TPSA) is 64.6 Å². The molecule has 144 valence electrons. The van der Waals surface area contributed by atoms with Gasteiger partial charge in [0.15, 0.2) is 6.10 Å². The van der Waals surface area contributed by atoms with Crippen molar-refractivity contribution in [3.8, 4) is 5.75 Å². The van der Waals surface area contributed by atoms with Crippen LogP contribution in [0.15, 0.2) is 60.7 Å². The van der Waals surface area contributed by atoms with E-state index in [4.69, 9.17) is 9.47 Å². The molecular weight excluding hydrogens is 354 g/mol. The molecule has 0 fully saturated rings. The van der Waals surface area contributed by atoms with Crippen LogP contribution in [0.1, 0.15) is 29.3 Å². The number of rotatable bonds is 6. The Morgan fingerprint density at radius 2 is 1.75 bits per heavy atom. The van der Waals surface area contributed by atoms with E-state index >= 15 is 0 Å². The highest BCUT2D eigenvalue weighted by molar-refractivity contribution is 5.98. The first-order chi connectivity index (χ1) is 13.5. The average molecular weight is 377 g/mol. The zero-order valence-corrected chi connectivity index (χ0v) is 16.2. The molecule has 1 amide bonds. The first-order valence-electron chi connectivity index (χ1n) is 9.17. The number of amides is 1. The molecule has 1 atom stereocenters.